The molecule has 0 bridgehead atoms. The molecule has 1 saturated carbocycles. The first kappa shape index (κ1) is 21.5. The molecule has 7 nitrogen and oxygen atoms in total. The molecule has 1 aliphatic carbocycles. The maximum Gasteiger partial charge on any atom is 0.180 e. The molecule has 0 atom stereocenters. The summed E-state index contributed by atoms with van der Waals surface area (Å²) in [6.45, 7) is 2.99. The third-order valence-electron chi connectivity index (χ3n) is 6.75. The molecule has 1 N–H and O–H groups in total. The Bertz CT molecular complexity index is 1160. The van der Waals surface area contributed by atoms with Crippen molar-refractivity contribution in [2.45, 2.75) is 64.8 Å². The van der Waals surface area contributed by atoms with E-state index < -0.39 is 0 Å². The number of aryl methyl sites for hydroxylation is 2. The van der Waals surface area contributed by atoms with Crippen LogP contribution in [-0.4, -0.2) is 35.4 Å². The average molecular weight is 442 g/mol. The Balaban J connectivity index is 1.29. The van der Waals surface area contributed by atoms with Gasteiger partial charge in [0.15, 0.2) is 11.6 Å². The average Bonchev–Trinajstić information content (AvgIpc) is 3.54. The van der Waals surface area contributed by atoms with Crippen LogP contribution in [0.1, 0.15) is 62.7 Å². The summed E-state index contributed by atoms with van der Waals surface area (Å²) in [6.07, 6.45) is 9.96. The molecule has 1 aliphatic rings. The van der Waals surface area contributed by atoms with E-state index in [1.807, 2.05) is 18.2 Å². The van der Waals surface area contributed by atoms with Crippen molar-refractivity contribution in [3.63, 3.8) is 0 Å². The number of aromatic amines is 1. The highest BCUT2D eigenvalue weighted by Gasteiger charge is 2.16. The molecule has 4 aromatic rings. The Morgan fingerprint density at radius 2 is 1.76 bits per heavy atom. The van der Waals surface area contributed by atoms with Crippen LogP contribution in [-0.2, 0) is 19.4 Å². The van der Waals surface area contributed by atoms with Gasteiger partial charge in [-0.25, -0.2) is 14.8 Å². The first-order valence-corrected chi connectivity index (χ1v) is 12.1. The molecular weight excluding hydrogens is 410 g/mol. The minimum atomic E-state index is 0.673. The summed E-state index contributed by atoms with van der Waals surface area (Å²) >= 11 is 0. The summed E-state index contributed by atoms with van der Waals surface area (Å²) in [6, 6.07) is 16.9. The quantitative estimate of drug-likeness (QED) is 0.404. The maximum absolute atomic E-state index is 4.91. The maximum atomic E-state index is 4.91. The van der Waals surface area contributed by atoms with Gasteiger partial charge in [-0.15, -0.1) is 5.10 Å². The fraction of sp³-hybridized carbons (Fsp3) is 0.423. The van der Waals surface area contributed by atoms with Gasteiger partial charge in [0.1, 0.15) is 5.82 Å². The minimum Gasteiger partial charge on any atom is -0.250 e. The number of tetrazole rings is 1. The summed E-state index contributed by atoms with van der Waals surface area (Å²) < 4.78 is 2.07. The standard InChI is InChI=1S/C26H31N7/c1-2-33-25(27-24(30-33)17-14-19-8-4-3-5-9-19)18-20-12-15-21(16-13-20)22-10-6-7-11-23(22)26-28-31-32-29-26/h6-7,10-13,15-16,19H,2-5,8-9,14,17-18H2,1H3,(H,28,29,31,32). The predicted octanol–water partition coefficient (Wildman–Crippen LogP) is 5.25. The lowest BCUT2D eigenvalue weighted by molar-refractivity contribution is 0.337. The van der Waals surface area contributed by atoms with E-state index in [0.717, 1.165) is 53.6 Å². The Hall–Kier alpha value is -3.35. The summed E-state index contributed by atoms with van der Waals surface area (Å²) in [5.74, 6) is 3.59. The SMILES string of the molecule is CCn1nc(CCC2CCCCC2)nc1Cc1ccc(-c2ccccc2-c2nnn[nH]2)cc1. The lowest BCUT2D eigenvalue weighted by Gasteiger charge is -2.20. The van der Waals surface area contributed by atoms with Gasteiger partial charge in [-0.05, 0) is 46.4 Å². The molecule has 2 aromatic carbocycles. The number of H-pyrrole nitrogens is 1. The number of hydrogen-bond acceptors (Lipinski definition) is 5. The number of benzene rings is 2. The largest absolute Gasteiger partial charge is 0.250 e. The van der Waals surface area contributed by atoms with E-state index in [1.54, 1.807) is 0 Å². The monoisotopic (exact) mass is 441 g/mol. The van der Waals surface area contributed by atoms with E-state index in [9.17, 15) is 0 Å². The fourth-order valence-electron chi connectivity index (χ4n) is 4.92. The number of nitrogens with zero attached hydrogens (tertiary/aromatic N) is 6. The molecular formula is C26H31N7. The molecule has 5 rings (SSSR count). The molecule has 0 unspecified atom stereocenters. The van der Waals surface area contributed by atoms with Crippen LogP contribution in [0.3, 0.4) is 0 Å². The predicted molar refractivity (Wildman–Crippen MR) is 128 cm³/mol. The molecule has 0 spiro atoms. The van der Waals surface area contributed by atoms with Crippen molar-refractivity contribution in [3.8, 4) is 22.5 Å². The van der Waals surface area contributed by atoms with E-state index in [1.165, 1.54) is 44.1 Å². The Labute approximate surface area is 194 Å². The topological polar surface area (TPSA) is 85.2 Å². The van der Waals surface area contributed by atoms with Gasteiger partial charge in [-0.3, -0.25) is 0 Å². The van der Waals surface area contributed by atoms with Crippen molar-refractivity contribution >= 4 is 0 Å². The van der Waals surface area contributed by atoms with Gasteiger partial charge in [0, 0.05) is 24.9 Å². The van der Waals surface area contributed by atoms with Crippen LogP contribution in [0.2, 0.25) is 0 Å². The zero-order valence-electron chi connectivity index (χ0n) is 19.2. The van der Waals surface area contributed by atoms with Crippen LogP contribution in [0.15, 0.2) is 48.5 Å². The van der Waals surface area contributed by atoms with E-state index in [4.69, 9.17) is 10.1 Å². The third-order valence-corrected chi connectivity index (χ3v) is 6.75. The number of rotatable bonds is 8. The molecule has 170 valence electrons. The fourth-order valence-corrected chi connectivity index (χ4v) is 4.92. The Morgan fingerprint density at radius 3 is 2.48 bits per heavy atom. The van der Waals surface area contributed by atoms with E-state index in [-0.39, 0.29) is 0 Å². The molecule has 2 heterocycles. The van der Waals surface area contributed by atoms with Crippen LogP contribution < -0.4 is 0 Å². The van der Waals surface area contributed by atoms with E-state index in [2.05, 4.69) is 62.6 Å². The second-order valence-electron chi connectivity index (χ2n) is 8.97. The summed E-state index contributed by atoms with van der Waals surface area (Å²) in [5.41, 5.74) is 4.46. The lowest BCUT2D eigenvalue weighted by Crippen LogP contribution is -2.08. The highest BCUT2D eigenvalue weighted by atomic mass is 15.5. The molecule has 0 amide bonds. The van der Waals surface area contributed by atoms with Gasteiger partial charge in [0.25, 0.3) is 0 Å². The van der Waals surface area contributed by atoms with E-state index >= 15 is 0 Å². The second kappa shape index (κ2) is 10.1. The first-order chi connectivity index (χ1) is 16.3. The van der Waals surface area contributed by atoms with Gasteiger partial charge < -0.3 is 0 Å². The van der Waals surface area contributed by atoms with Gasteiger partial charge in [0.05, 0.1) is 0 Å². The highest BCUT2D eigenvalue weighted by Crippen LogP contribution is 2.30. The Morgan fingerprint density at radius 1 is 0.970 bits per heavy atom. The first-order valence-electron chi connectivity index (χ1n) is 12.1. The molecule has 0 saturated heterocycles. The number of hydrogen-bond donors (Lipinski definition) is 1. The van der Waals surface area contributed by atoms with Crippen LogP contribution >= 0.6 is 0 Å². The van der Waals surface area contributed by atoms with Crippen LogP contribution in [0.5, 0.6) is 0 Å². The molecule has 33 heavy (non-hydrogen) atoms. The van der Waals surface area contributed by atoms with Crippen molar-refractivity contribution in [3.05, 3.63) is 65.7 Å². The van der Waals surface area contributed by atoms with E-state index in [0.29, 0.717) is 5.82 Å². The van der Waals surface area contributed by atoms with Crippen LogP contribution in [0, 0.1) is 5.92 Å². The van der Waals surface area contributed by atoms with Gasteiger partial charge >= 0.3 is 0 Å². The highest BCUT2D eigenvalue weighted by molar-refractivity contribution is 5.80. The van der Waals surface area contributed by atoms with Crippen LogP contribution in [0.4, 0.5) is 0 Å². The van der Waals surface area contributed by atoms with Crippen molar-refractivity contribution in [1.29, 1.82) is 0 Å². The third kappa shape index (κ3) is 5.02. The van der Waals surface area contributed by atoms with Crippen molar-refractivity contribution in [1.82, 2.24) is 35.4 Å². The van der Waals surface area contributed by atoms with Crippen molar-refractivity contribution < 1.29 is 0 Å². The van der Waals surface area contributed by atoms with Crippen molar-refractivity contribution in [2.75, 3.05) is 0 Å². The lowest BCUT2D eigenvalue weighted by atomic mass is 9.86. The molecule has 1 fully saturated rings. The smallest absolute Gasteiger partial charge is 0.180 e. The Kier molecular flexibility index (Phi) is 6.56. The minimum absolute atomic E-state index is 0.673. The molecule has 2 aromatic heterocycles. The van der Waals surface area contributed by atoms with Gasteiger partial charge in [0.2, 0.25) is 0 Å². The zero-order valence-corrected chi connectivity index (χ0v) is 19.2. The number of aromatic nitrogens is 7. The summed E-state index contributed by atoms with van der Waals surface area (Å²) in [4.78, 5) is 4.91. The normalized spacial score (nSPS) is 14.6. The molecule has 0 aliphatic heterocycles. The molecule has 0 radical (unpaired) electrons. The zero-order chi connectivity index (χ0) is 22.5. The van der Waals surface area contributed by atoms with Gasteiger partial charge in [-0.1, -0.05) is 80.6 Å². The number of nitrogens with one attached hydrogen (secondary N) is 1. The second-order valence-corrected chi connectivity index (χ2v) is 8.97. The summed E-state index contributed by atoms with van der Waals surface area (Å²) in [5, 5.41) is 19.2. The summed E-state index contributed by atoms with van der Waals surface area (Å²) in [7, 11) is 0. The van der Waals surface area contributed by atoms with Gasteiger partial charge in [-0.2, -0.15) is 5.10 Å². The van der Waals surface area contributed by atoms with Crippen LogP contribution in [0.25, 0.3) is 22.5 Å². The van der Waals surface area contributed by atoms with Crippen molar-refractivity contribution in [2.24, 2.45) is 5.92 Å². The molecule has 7 heteroatoms.